The Morgan fingerprint density at radius 2 is 1.77 bits per heavy atom. The Labute approximate surface area is 232 Å². The number of amides is 2. The Kier molecular flexibility index (Phi) is 6.12. The highest BCUT2D eigenvalue weighted by Gasteiger charge is 2.34. The van der Waals surface area contributed by atoms with Gasteiger partial charge in [0.1, 0.15) is 11.9 Å². The molecule has 40 heavy (non-hydrogen) atoms. The predicted molar refractivity (Wildman–Crippen MR) is 151 cm³/mol. The van der Waals surface area contributed by atoms with Gasteiger partial charge in [-0.25, -0.2) is 14.3 Å². The van der Waals surface area contributed by atoms with Gasteiger partial charge in [0.25, 0.3) is 0 Å². The van der Waals surface area contributed by atoms with Gasteiger partial charge in [0.2, 0.25) is 0 Å². The van der Waals surface area contributed by atoms with E-state index in [-0.39, 0.29) is 6.03 Å². The molecule has 0 N–H and O–H groups in total. The molecule has 7 rings (SSSR count). The van der Waals surface area contributed by atoms with Gasteiger partial charge < -0.3 is 14.7 Å². The van der Waals surface area contributed by atoms with E-state index in [0.29, 0.717) is 24.7 Å². The first-order chi connectivity index (χ1) is 19.6. The fraction of sp³-hybridized carbons (Fsp3) is 0.414. The monoisotopic (exact) mass is 536 g/mol. The number of piperazine rings is 2. The van der Waals surface area contributed by atoms with Gasteiger partial charge in [0, 0.05) is 99.7 Å². The van der Waals surface area contributed by atoms with Crippen LogP contribution in [-0.4, -0.2) is 104 Å². The van der Waals surface area contributed by atoms with Gasteiger partial charge >= 0.3 is 6.03 Å². The number of carbonyl (C=O) groups is 1. The van der Waals surface area contributed by atoms with E-state index >= 15 is 0 Å². The molecule has 0 spiro atoms. The van der Waals surface area contributed by atoms with E-state index in [2.05, 4.69) is 43.1 Å². The minimum atomic E-state index is 0.182. The highest BCUT2D eigenvalue weighted by molar-refractivity contribution is 5.87. The predicted octanol–water partition coefficient (Wildman–Crippen LogP) is 2.69. The molecule has 7 heterocycles. The molecule has 1 unspecified atom stereocenters. The molecule has 0 aliphatic carbocycles. The number of carbonyl (C=O) groups excluding carboxylic acids is 1. The largest absolute Gasteiger partial charge is 0.353 e. The summed E-state index contributed by atoms with van der Waals surface area (Å²) in [7, 11) is 1.89. The van der Waals surface area contributed by atoms with Crippen LogP contribution in [0.15, 0.2) is 49.2 Å². The Balaban J connectivity index is 1.07. The minimum absolute atomic E-state index is 0.182. The number of nitrogens with zero attached hydrogens (tertiary/aromatic N) is 10. The van der Waals surface area contributed by atoms with Crippen LogP contribution in [0, 0.1) is 11.3 Å². The molecule has 0 saturated carbocycles. The Morgan fingerprint density at radius 1 is 0.925 bits per heavy atom. The van der Waals surface area contributed by atoms with Crippen molar-refractivity contribution >= 4 is 17.4 Å². The standard InChI is InChI=1S/C29H32N10O/c1-34-18-24(17-32-34)22-13-26(28-23(14-30)16-33-39(28)19-22)21-4-5-27(31-15-21)36-8-10-37(11-9-36)29(40)38-12-7-35-6-2-3-25(35)20-38/h4-5,13,15-19,25H,2-3,6-12,20H2,1H3. The van der Waals surface area contributed by atoms with Crippen LogP contribution >= 0.6 is 0 Å². The van der Waals surface area contributed by atoms with Crippen LogP contribution < -0.4 is 4.90 Å². The number of urea groups is 1. The molecule has 0 radical (unpaired) electrons. The second-order valence-electron chi connectivity index (χ2n) is 10.9. The summed E-state index contributed by atoms with van der Waals surface area (Å²) in [5.74, 6) is 0.892. The molecule has 2 amide bonds. The third kappa shape index (κ3) is 4.34. The van der Waals surface area contributed by atoms with Gasteiger partial charge in [-0.15, -0.1) is 0 Å². The van der Waals surface area contributed by atoms with Gasteiger partial charge in [-0.2, -0.15) is 15.5 Å². The normalized spacial score (nSPS) is 19.7. The average molecular weight is 537 g/mol. The van der Waals surface area contributed by atoms with Gasteiger partial charge in [-0.1, -0.05) is 0 Å². The molecule has 3 fully saturated rings. The lowest BCUT2D eigenvalue weighted by molar-refractivity contribution is 0.0942. The number of pyridine rings is 2. The number of aryl methyl sites for hydroxylation is 1. The van der Waals surface area contributed by atoms with Gasteiger partial charge in [-0.3, -0.25) is 9.58 Å². The van der Waals surface area contributed by atoms with Crippen LogP contribution in [0.5, 0.6) is 0 Å². The first kappa shape index (κ1) is 24.6. The lowest BCUT2D eigenvalue weighted by Gasteiger charge is -2.42. The van der Waals surface area contributed by atoms with Crippen molar-refractivity contribution in [1.82, 2.24) is 39.1 Å². The zero-order valence-electron chi connectivity index (χ0n) is 22.6. The number of fused-ring (bicyclic) bond motifs is 2. The maximum absolute atomic E-state index is 13.2. The van der Waals surface area contributed by atoms with Crippen LogP contribution in [-0.2, 0) is 7.05 Å². The lowest BCUT2D eigenvalue weighted by Crippen LogP contribution is -2.58. The number of anilines is 1. The summed E-state index contributed by atoms with van der Waals surface area (Å²) in [6.07, 6.45) is 11.6. The Bertz CT molecular complexity index is 1590. The molecule has 3 saturated heterocycles. The SMILES string of the molecule is Cn1cc(-c2cc(-c3ccc(N4CCN(C(=O)N5CCN6CCCC6C5)CC4)nc3)c3c(C#N)cnn3c2)cn1. The number of nitriles is 1. The highest BCUT2D eigenvalue weighted by Crippen LogP contribution is 2.32. The van der Waals surface area contributed by atoms with E-state index in [1.807, 2.05) is 42.8 Å². The van der Waals surface area contributed by atoms with Crippen molar-refractivity contribution in [3.05, 3.63) is 54.7 Å². The van der Waals surface area contributed by atoms with Gasteiger partial charge in [0.15, 0.2) is 0 Å². The molecular formula is C29H32N10O. The number of hydrogen-bond donors (Lipinski definition) is 0. The summed E-state index contributed by atoms with van der Waals surface area (Å²) in [5, 5.41) is 18.4. The molecule has 11 nitrogen and oxygen atoms in total. The van der Waals surface area contributed by atoms with Crippen molar-refractivity contribution in [2.24, 2.45) is 7.05 Å². The van der Waals surface area contributed by atoms with Crippen LogP contribution in [0.2, 0.25) is 0 Å². The van der Waals surface area contributed by atoms with Gasteiger partial charge in [0.05, 0.1) is 23.5 Å². The van der Waals surface area contributed by atoms with Crippen LogP contribution in [0.3, 0.4) is 0 Å². The topological polar surface area (TPSA) is 102 Å². The molecule has 4 aromatic rings. The fourth-order valence-electron chi connectivity index (χ4n) is 6.38. The fourth-order valence-corrected chi connectivity index (χ4v) is 6.38. The number of rotatable bonds is 3. The third-order valence-electron chi connectivity index (χ3n) is 8.56. The van der Waals surface area contributed by atoms with E-state index in [4.69, 9.17) is 4.98 Å². The Hall–Kier alpha value is -4.43. The van der Waals surface area contributed by atoms with Crippen molar-refractivity contribution < 1.29 is 4.79 Å². The summed E-state index contributed by atoms with van der Waals surface area (Å²) in [6, 6.07) is 9.14. The van der Waals surface area contributed by atoms with E-state index in [1.54, 1.807) is 15.4 Å². The second kappa shape index (κ2) is 9.95. The van der Waals surface area contributed by atoms with E-state index in [1.165, 1.54) is 19.4 Å². The summed E-state index contributed by atoms with van der Waals surface area (Å²) in [6.45, 7) is 6.77. The van der Waals surface area contributed by atoms with Gasteiger partial charge in [-0.05, 0) is 37.6 Å². The number of hydrogen-bond acceptors (Lipinski definition) is 7. The highest BCUT2D eigenvalue weighted by atomic mass is 16.2. The first-order valence-electron chi connectivity index (χ1n) is 14.0. The maximum Gasteiger partial charge on any atom is 0.320 e. The van der Waals surface area contributed by atoms with E-state index in [9.17, 15) is 10.1 Å². The van der Waals surface area contributed by atoms with Crippen molar-refractivity contribution in [2.45, 2.75) is 18.9 Å². The second-order valence-corrected chi connectivity index (χ2v) is 10.9. The zero-order valence-corrected chi connectivity index (χ0v) is 22.6. The smallest absolute Gasteiger partial charge is 0.320 e. The van der Waals surface area contributed by atoms with Crippen LogP contribution in [0.25, 0.3) is 27.8 Å². The summed E-state index contributed by atoms with van der Waals surface area (Å²) in [4.78, 5) is 26.9. The summed E-state index contributed by atoms with van der Waals surface area (Å²) in [5.41, 5.74) is 5.02. The lowest BCUT2D eigenvalue weighted by atomic mass is 10.0. The van der Waals surface area contributed by atoms with Crippen LogP contribution in [0.1, 0.15) is 18.4 Å². The molecule has 3 aliphatic heterocycles. The van der Waals surface area contributed by atoms with E-state index < -0.39 is 0 Å². The summed E-state index contributed by atoms with van der Waals surface area (Å²) < 4.78 is 3.52. The van der Waals surface area contributed by atoms with Crippen molar-refractivity contribution in [2.75, 3.05) is 57.3 Å². The minimum Gasteiger partial charge on any atom is -0.353 e. The van der Waals surface area contributed by atoms with E-state index in [0.717, 1.165) is 66.3 Å². The Morgan fingerprint density at radius 3 is 2.52 bits per heavy atom. The van der Waals surface area contributed by atoms with Crippen molar-refractivity contribution in [1.29, 1.82) is 5.26 Å². The average Bonchev–Trinajstić information content (AvgIpc) is 3.75. The van der Waals surface area contributed by atoms with Crippen molar-refractivity contribution in [3.8, 4) is 28.3 Å². The van der Waals surface area contributed by atoms with Crippen LogP contribution in [0.4, 0.5) is 10.6 Å². The zero-order chi connectivity index (χ0) is 27.2. The summed E-state index contributed by atoms with van der Waals surface area (Å²) >= 11 is 0. The maximum atomic E-state index is 13.2. The number of aromatic nitrogens is 5. The quantitative estimate of drug-likeness (QED) is 0.397. The first-order valence-corrected chi connectivity index (χ1v) is 14.0. The molecule has 1 atom stereocenters. The molecule has 0 aromatic carbocycles. The molecule has 0 bridgehead atoms. The molecule has 204 valence electrons. The molecule has 3 aliphatic rings. The third-order valence-corrected chi connectivity index (χ3v) is 8.56. The molecule has 11 heteroatoms. The molecule has 4 aromatic heterocycles. The van der Waals surface area contributed by atoms with Crippen molar-refractivity contribution in [3.63, 3.8) is 0 Å². The molecular weight excluding hydrogens is 504 g/mol.